The molecule has 0 aliphatic heterocycles. The molecule has 0 aliphatic rings. The second kappa shape index (κ2) is 9.04. The van der Waals surface area contributed by atoms with E-state index in [0.717, 1.165) is 30.8 Å². The summed E-state index contributed by atoms with van der Waals surface area (Å²) in [6, 6.07) is 3.61. The number of sulfonamides is 1. The Hall–Kier alpha value is -0.0800. The zero-order valence-electron chi connectivity index (χ0n) is 12.3. The van der Waals surface area contributed by atoms with Crippen molar-refractivity contribution in [1.29, 1.82) is 0 Å². The molecule has 0 fully saturated rings. The number of rotatable bonds is 10. The molecule has 0 saturated carbocycles. The zero-order chi connectivity index (χ0) is 15.0. The van der Waals surface area contributed by atoms with Gasteiger partial charge in [-0.15, -0.1) is 11.3 Å². The van der Waals surface area contributed by atoms with Gasteiger partial charge >= 0.3 is 0 Å². The van der Waals surface area contributed by atoms with Crippen molar-refractivity contribution in [1.82, 2.24) is 10.0 Å². The molecular formula is C13H24N2O2S3. The Morgan fingerprint density at radius 3 is 2.75 bits per heavy atom. The van der Waals surface area contributed by atoms with Gasteiger partial charge in [-0.05, 0) is 44.3 Å². The second-order valence-corrected chi connectivity index (χ2v) is 9.06. The van der Waals surface area contributed by atoms with Gasteiger partial charge in [0.05, 0.1) is 0 Å². The van der Waals surface area contributed by atoms with Crippen LogP contribution in [0.25, 0.3) is 0 Å². The van der Waals surface area contributed by atoms with Crippen LogP contribution in [-0.4, -0.2) is 39.6 Å². The summed E-state index contributed by atoms with van der Waals surface area (Å²) in [4.78, 5) is 1.10. The molecule has 1 unspecified atom stereocenters. The molecule has 0 aromatic carbocycles. The van der Waals surface area contributed by atoms with Crippen LogP contribution in [0.3, 0.4) is 0 Å². The highest BCUT2D eigenvalue weighted by molar-refractivity contribution is 7.99. The third-order valence-corrected chi connectivity index (χ3v) is 6.87. The monoisotopic (exact) mass is 336 g/mol. The molecule has 20 heavy (non-hydrogen) atoms. The Kier molecular flexibility index (Phi) is 8.13. The summed E-state index contributed by atoms with van der Waals surface area (Å²) in [6.45, 7) is 6.50. The third-order valence-electron chi connectivity index (χ3n) is 2.84. The van der Waals surface area contributed by atoms with E-state index in [1.807, 2.05) is 19.2 Å². The van der Waals surface area contributed by atoms with Crippen LogP contribution in [0.1, 0.15) is 25.1 Å². The van der Waals surface area contributed by atoms with Crippen LogP contribution in [0.4, 0.5) is 0 Å². The van der Waals surface area contributed by atoms with Gasteiger partial charge in [0.1, 0.15) is 4.21 Å². The maximum absolute atomic E-state index is 12.1. The largest absolute Gasteiger partial charge is 0.316 e. The van der Waals surface area contributed by atoms with Gasteiger partial charge in [-0.2, -0.15) is 11.8 Å². The minimum atomic E-state index is -3.35. The van der Waals surface area contributed by atoms with Gasteiger partial charge < -0.3 is 5.32 Å². The molecule has 1 heterocycles. The number of hydrogen-bond acceptors (Lipinski definition) is 5. The van der Waals surface area contributed by atoms with Crippen LogP contribution in [0.2, 0.25) is 0 Å². The lowest BCUT2D eigenvalue weighted by molar-refractivity contribution is 0.583. The number of thiophene rings is 1. The first-order valence-corrected chi connectivity index (χ1v) is 10.4. The van der Waals surface area contributed by atoms with Crippen LogP contribution < -0.4 is 10.0 Å². The van der Waals surface area contributed by atoms with E-state index in [2.05, 4.69) is 17.0 Å². The van der Waals surface area contributed by atoms with E-state index in [-0.39, 0.29) is 5.25 Å². The zero-order valence-corrected chi connectivity index (χ0v) is 14.8. The molecule has 1 rings (SSSR count). The lowest BCUT2D eigenvalue weighted by Gasteiger charge is -2.09. The van der Waals surface area contributed by atoms with Gasteiger partial charge in [0.2, 0.25) is 10.0 Å². The highest BCUT2D eigenvalue weighted by Crippen LogP contribution is 2.22. The van der Waals surface area contributed by atoms with Crippen LogP contribution in [0, 0.1) is 0 Å². The van der Waals surface area contributed by atoms with Crippen LogP contribution in [-0.2, 0) is 16.4 Å². The normalized spacial score (nSPS) is 13.6. The fourth-order valence-corrected chi connectivity index (χ4v) is 4.42. The number of thioether (sulfide) groups is 1. The molecule has 2 N–H and O–H groups in total. The molecule has 7 heteroatoms. The first-order chi connectivity index (χ1) is 9.49. The summed E-state index contributed by atoms with van der Waals surface area (Å²) < 4.78 is 27.3. The van der Waals surface area contributed by atoms with E-state index >= 15 is 0 Å². The molecule has 4 nitrogen and oxygen atoms in total. The highest BCUT2D eigenvalue weighted by atomic mass is 32.2. The average molecular weight is 337 g/mol. The summed E-state index contributed by atoms with van der Waals surface area (Å²) in [5, 5.41) is 3.60. The van der Waals surface area contributed by atoms with Crippen molar-refractivity contribution in [2.45, 2.75) is 36.1 Å². The second-order valence-electron chi connectivity index (χ2n) is 4.62. The molecule has 0 aliphatic carbocycles. The van der Waals surface area contributed by atoms with E-state index in [0.29, 0.717) is 10.8 Å². The summed E-state index contributed by atoms with van der Waals surface area (Å²) in [5.74, 6) is 0. The number of nitrogens with one attached hydrogen (secondary N) is 2. The quantitative estimate of drug-likeness (QED) is 0.644. The topological polar surface area (TPSA) is 58.2 Å². The summed E-state index contributed by atoms with van der Waals surface area (Å²) in [6.07, 6.45) is 3.97. The molecule has 0 bridgehead atoms. The smallest absolute Gasteiger partial charge is 0.250 e. The summed E-state index contributed by atoms with van der Waals surface area (Å²) >= 11 is 3.01. The van der Waals surface area contributed by atoms with Crippen molar-refractivity contribution in [3.8, 4) is 0 Å². The van der Waals surface area contributed by atoms with E-state index in [9.17, 15) is 8.42 Å². The Morgan fingerprint density at radius 2 is 2.10 bits per heavy atom. The van der Waals surface area contributed by atoms with Gasteiger partial charge in [-0.1, -0.05) is 13.8 Å². The van der Waals surface area contributed by atoms with Crippen LogP contribution in [0.15, 0.2) is 16.3 Å². The van der Waals surface area contributed by atoms with Gasteiger partial charge in [-0.25, -0.2) is 13.1 Å². The van der Waals surface area contributed by atoms with Crippen molar-refractivity contribution >= 4 is 33.1 Å². The van der Waals surface area contributed by atoms with Crippen molar-refractivity contribution < 1.29 is 8.42 Å². The van der Waals surface area contributed by atoms with Crippen LogP contribution in [0.5, 0.6) is 0 Å². The molecule has 1 atom stereocenters. The Labute approximate surface area is 130 Å². The Balaban J connectivity index is 2.52. The maximum Gasteiger partial charge on any atom is 0.250 e. The van der Waals surface area contributed by atoms with Gasteiger partial charge in [0, 0.05) is 16.7 Å². The van der Waals surface area contributed by atoms with Crippen LogP contribution >= 0.6 is 23.1 Å². The molecule has 0 saturated heterocycles. The molecule has 0 spiro atoms. The lowest BCUT2D eigenvalue weighted by atomic mass is 10.3. The van der Waals surface area contributed by atoms with Gasteiger partial charge in [-0.3, -0.25) is 0 Å². The minimum Gasteiger partial charge on any atom is -0.316 e. The minimum absolute atomic E-state index is 0.280. The van der Waals surface area contributed by atoms with E-state index < -0.39 is 10.0 Å². The maximum atomic E-state index is 12.1. The first-order valence-electron chi connectivity index (χ1n) is 6.81. The van der Waals surface area contributed by atoms with Crippen molar-refractivity contribution in [3.63, 3.8) is 0 Å². The predicted molar refractivity (Wildman–Crippen MR) is 89.3 cm³/mol. The molecular weight excluding hydrogens is 312 g/mol. The van der Waals surface area contributed by atoms with E-state index in [4.69, 9.17) is 0 Å². The fourth-order valence-electron chi connectivity index (χ4n) is 1.53. The van der Waals surface area contributed by atoms with Crippen molar-refractivity contribution in [3.05, 3.63) is 17.0 Å². The fraction of sp³-hybridized carbons (Fsp3) is 0.692. The average Bonchev–Trinajstić information content (AvgIpc) is 2.90. The molecule has 1 aromatic heterocycles. The molecule has 0 radical (unpaired) electrons. The third kappa shape index (κ3) is 6.13. The Bertz CT molecular complexity index is 486. The summed E-state index contributed by atoms with van der Waals surface area (Å²) in [5.41, 5.74) is 0. The standard InChI is InChI=1S/C13H24N2O2S3/c1-4-8-14-9-7-12-5-6-13(19-12)20(16,17)15-10-11(2)18-3/h5-6,11,14-15H,4,7-10H2,1-3H3. The van der Waals surface area contributed by atoms with Gasteiger partial charge in [0.15, 0.2) is 0 Å². The van der Waals surface area contributed by atoms with E-state index in [1.165, 1.54) is 11.3 Å². The number of hydrogen-bond donors (Lipinski definition) is 2. The highest BCUT2D eigenvalue weighted by Gasteiger charge is 2.17. The van der Waals surface area contributed by atoms with Gasteiger partial charge in [0.25, 0.3) is 0 Å². The molecule has 116 valence electrons. The first kappa shape index (κ1) is 18.0. The molecule has 0 amide bonds. The molecule has 1 aromatic rings. The lowest BCUT2D eigenvalue weighted by Crippen LogP contribution is -2.28. The summed E-state index contributed by atoms with van der Waals surface area (Å²) in [7, 11) is -3.35. The van der Waals surface area contributed by atoms with Crippen molar-refractivity contribution in [2.24, 2.45) is 0 Å². The van der Waals surface area contributed by atoms with E-state index in [1.54, 1.807) is 17.8 Å². The SMILES string of the molecule is CCCNCCc1ccc(S(=O)(=O)NCC(C)SC)s1. The predicted octanol–water partition coefficient (Wildman–Crippen LogP) is 2.32. The van der Waals surface area contributed by atoms with Crippen molar-refractivity contribution in [2.75, 3.05) is 25.9 Å². The Morgan fingerprint density at radius 1 is 1.35 bits per heavy atom.